The molecule has 26 heavy (non-hydrogen) atoms. The summed E-state index contributed by atoms with van der Waals surface area (Å²) in [6.45, 7) is 4.26. The molecule has 1 aliphatic carbocycles. The van der Waals surface area contributed by atoms with Crippen molar-refractivity contribution in [1.82, 2.24) is 9.78 Å². The summed E-state index contributed by atoms with van der Waals surface area (Å²) in [5.41, 5.74) is 6.81. The number of hydrogen-bond donors (Lipinski definition) is 4. The summed E-state index contributed by atoms with van der Waals surface area (Å²) in [7, 11) is 0. The van der Waals surface area contributed by atoms with Gasteiger partial charge in [0.15, 0.2) is 11.5 Å². The van der Waals surface area contributed by atoms with E-state index in [0.29, 0.717) is 23.6 Å². The van der Waals surface area contributed by atoms with Crippen molar-refractivity contribution in [3.63, 3.8) is 0 Å². The lowest BCUT2D eigenvalue weighted by Gasteiger charge is -2.20. The van der Waals surface area contributed by atoms with Crippen LogP contribution < -0.4 is 16.2 Å². The number of H-pyrrole nitrogens is 1. The summed E-state index contributed by atoms with van der Waals surface area (Å²) in [5.74, 6) is 1.03. The number of aliphatic hydroxyl groups is 1. The number of hydrogen-bond acceptors (Lipinski definition) is 7. The zero-order valence-electron chi connectivity index (χ0n) is 14.8. The van der Waals surface area contributed by atoms with Crippen LogP contribution in [0, 0.1) is 5.41 Å². The number of aromatic nitrogens is 2. The van der Waals surface area contributed by atoms with Crippen LogP contribution in [0.15, 0.2) is 33.4 Å². The fourth-order valence-electron chi connectivity index (χ4n) is 3.11. The lowest BCUT2D eigenvalue weighted by molar-refractivity contribution is 0.156. The molecule has 0 bridgehead atoms. The van der Waals surface area contributed by atoms with Gasteiger partial charge in [-0.2, -0.15) is 0 Å². The highest BCUT2D eigenvalue weighted by Crippen LogP contribution is 2.29. The SMILES string of the molecule is CCn1[nH]c(=O)c(/N=C2\C=C(OCCO)C(=N)C=C2N)c1N1CCCC1. The molecule has 1 aromatic rings. The Kier molecular flexibility index (Phi) is 5.27. The number of nitrogens with zero attached hydrogens (tertiary/aromatic N) is 3. The summed E-state index contributed by atoms with van der Waals surface area (Å²) in [6, 6.07) is 0. The van der Waals surface area contributed by atoms with Crippen LogP contribution in [-0.2, 0) is 11.3 Å². The van der Waals surface area contributed by atoms with Crippen LogP contribution in [0.1, 0.15) is 19.8 Å². The van der Waals surface area contributed by atoms with E-state index in [4.69, 9.17) is 21.0 Å². The van der Waals surface area contributed by atoms with Gasteiger partial charge in [0.1, 0.15) is 12.4 Å². The maximum atomic E-state index is 12.5. The van der Waals surface area contributed by atoms with Crippen molar-refractivity contribution in [2.45, 2.75) is 26.3 Å². The summed E-state index contributed by atoms with van der Waals surface area (Å²) in [4.78, 5) is 19.1. The molecule has 0 aromatic carbocycles. The molecule has 0 saturated carbocycles. The summed E-state index contributed by atoms with van der Waals surface area (Å²) in [6.07, 6.45) is 5.13. The quantitative estimate of drug-likeness (QED) is 0.553. The molecule has 2 heterocycles. The number of aryl methyl sites for hydroxylation is 1. The van der Waals surface area contributed by atoms with E-state index in [-0.39, 0.29) is 30.2 Å². The van der Waals surface area contributed by atoms with Crippen molar-refractivity contribution in [2.75, 3.05) is 31.2 Å². The van der Waals surface area contributed by atoms with Crippen LogP contribution in [0.2, 0.25) is 0 Å². The van der Waals surface area contributed by atoms with Crippen LogP contribution in [0.4, 0.5) is 11.5 Å². The first-order valence-corrected chi connectivity index (χ1v) is 8.73. The van der Waals surface area contributed by atoms with Gasteiger partial charge in [-0.15, -0.1) is 0 Å². The van der Waals surface area contributed by atoms with Crippen molar-refractivity contribution in [3.05, 3.63) is 34.0 Å². The molecule has 9 nitrogen and oxygen atoms in total. The van der Waals surface area contributed by atoms with Crippen molar-refractivity contribution in [2.24, 2.45) is 10.7 Å². The van der Waals surface area contributed by atoms with Crippen LogP contribution in [-0.4, -0.2) is 52.6 Å². The molecule has 0 amide bonds. The Morgan fingerprint density at radius 3 is 2.77 bits per heavy atom. The Morgan fingerprint density at radius 2 is 2.12 bits per heavy atom. The molecule has 140 valence electrons. The molecule has 1 aliphatic heterocycles. The lowest BCUT2D eigenvalue weighted by Crippen LogP contribution is -2.22. The number of nitrogens with one attached hydrogen (secondary N) is 2. The molecule has 1 saturated heterocycles. The first-order chi connectivity index (χ1) is 12.5. The van der Waals surface area contributed by atoms with E-state index in [9.17, 15) is 4.79 Å². The van der Waals surface area contributed by atoms with Crippen molar-refractivity contribution >= 4 is 22.9 Å². The molecule has 5 N–H and O–H groups in total. The molecule has 0 unspecified atom stereocenters. The zero-order chi connectivity index (χ0) is 18.7. The molecule has 1 aromatic heterocycles. The Labute approximate surface area is 151 Å². The van der Waals surface area contributed by atoms with Gasteiger partial charge in [-0.25, -0.2) is 4.99 Å². The topological polar surface area (TPSA) is 133 Å². The number of aromatic amines is 1. The highest BCUT2D eigenvalue weighted by atomic mass is 16.5. The van der Waals surface area contributed by atoms with E-state index in [1.807, 2.05) is 6.92 Å². The molecule has 0 radical (unpaired) electrons. The van der Waals surface area contributed by atoms with Crippen molar-refractivity contribution < 1.29 is 9.84 Å². The van der Waals surface area contributed by atoms with Gasteiger partial charge in [0, 0.05) is 25.7 Å². The summed E-state index contributed by atoms with van der Waals surface area (Å²) < 4.78 is 7.15. The molecule has 3 rings (SSSR count). The second-order valence-corrected chi connectivity index (χ2v) is 6.14. The van der Waals surface area contributed by atoms with Crippen molar-refractivity contribution in [1.29, 1.82) is 5.41 Å². The van der Waals surface area contributed by atoms with E-state index in [1.54, 1.807) is 4.68 Å². The number of aliphatic hydroxyl groups excluding tert-OH is 1. The maximum Gasteiger partial charge on any atom is 0.292 e. The number of rotatable bonds is 6. The normalized spacial score (nSPS) is 19.1. The number of anilines is 1. The van der Waals surface area contributed by atoms with Crippen LogP contribution >= 0.6 is 0 Å². The van der Waals surface area contributed by atoms with Crippen LogP contribution in [0.3, 0.4) is 0 Å². The number of ether oxygens (including phenoxy) is 1. The fourth-order valence-corrected chi connectivity index (χ4v) is 3.11. The second kappa shape index (κ2) is 7.61. The van der Waals surface area contributed by atoms with Crippen LogP contribution in [0.25, 0.3) is 0 Å². The number of allylic oxidation sites excluding steroid dienone is 2. The predicted octanol–water partition coefficient (Wildman–Crippen LogP) is 0.638. The first-order valence-electron chi connectivity index (χ1n) is 8.73. The van der Waals surface area contributed by atoms with E-state index >= 15 is 0 Å². The van der Waals surface area contributed by atoms with E-state index in [1.165, 1.54) is 12.2 Å². The number of aliphatic imine (C=N–C) groups is 1. The molecular formula is C17H24N6O3. The third kappa shape index (κ3) is 3.43. The van der Waals surface area contributed by atoms with Gasteiger partial charge in [0.05, 0.1) is 23.7 Å². The summed E-state index contributed by atoms with van der Waals surface area (Å²) >= 11 is 0. The van der Waals surface area contributed by atoms with Crippen LogP contribution in [0.5, 0.6) is 0 Å². The minimum absolute atomic E-state index is 0.0705. The molecule has 0 spiro atoms. The highest BCUT2D eigenvalue weighted by Gasteiger charge is 2.24. The molecular weight excluding hydrogens is 336 g/mol. The fraction of sp³-hybridized carbons (Fsp3) is 0.471. The summed E-state index contributed by atoms with van der Waals surface area (Å²) in [5, 5.41) is 19.6. The first kappa shape index (κ1) is 18.0. The van der Waals surface area contributed by atoms with E-state index in [0.717, 1.165) is 31.7 Å². The Morgan fingerprint density at radius 1 is 1.38 bits per heavy atom. The monoisotopic (exact) mass is 360 g/mol. The standard InChI is InChI=1S/C17H24N6O3/c1-2-23-17(22-5-3-4-6-22)15(16(25)21-23)20-13-10-14(26-8-7-24)12(19)9-11(13)18/h9-10,19,24H,2-8,18H2,1H3,(H,21,25)/b19-12?,20-13+. The van der Waals surface area contributed by atoms with Gasteiger partial charge in [-0.3, -0.25) is 20.0 Å². The van der Waals surface area contributed by atoms with E-state index in [2.05, 4.69) is 15.0 Å². The number of nitrogens with two attached hydrogens (primary N) is 1. The molecule has 9 heteroatoms. The third-order valence-electron chi connectivity index (χ3n) is 4.35. The maximum absolute atomic E-state index is 12.5. The van der Waals surface area contributed by atoms with Gasteiger partial charge in [0.25, 0.3) is 5.56 Å². The largest absolute Gasteiger partial charge is 0.489 e. The van der Waals surface area contributed by atoms with Gasteiger partial charge in [0.2, 0.25) is 0 Å². The predicted molar refractivity (Wildman–Crippen MR) is 100 cm³/mol. The highest BCUT2D eigenvalue weighted by molar-refractivity contribution is 6.22. The van der Waals surface area contributed by atoms with Gasteiger partial charge in [-0.05, 0) is 25.8 Å². The molecule has 1 fully saturated rings. The Balaban J connectivity index is 2.04. The van der Waals surface area contributed by atoms with Gasteiger partial charge < -0.3 is 20.5 Å². The molecule has 0 atom stereocenters. The average molecular weight is 360 g/mol. The smallest absolute Gasteiger partial charge is 0.292 e. The Bertz CT molecular complexity index is 839. The molecule has 2 aliphatic rings. The van der Waals surface area contributed by atoms with Gasteiger partial charge in [-0.1, -0.05) is 0 Å². The van der Waals surface area contributed by atoms with Crippen molar-refractivity contribution in [3.8, 4) is 0 Å². The minimum atomic E-state index is -0.277. The lowest BCUT2D eigenvalue weighted by atomic mass is 10.1. The third-order valence-corrected chi connectivity index (χ3v) is 4.35. The Hall–Kier alpha value is -2.81. The van der Waals surface area contributed by atoms with E-state index < -0.39 is 0 Å². The van der Waals surface area contributed by atoms with Gasteiger partial charge >= 0.3 is 0 Å². The minimum Gasteiger partial charge on any atom is -0.489 e. The average Bonchev–Trinajstić information content (AvgIpc) is 3.24. The zero-order valence-corrected chi connectivity index (χ0v) is 14.8. The second-order valence-electron chi connectivity index (χ2n) is 6.14.